The maximum Gasteiger partial charge on any atom is 0.102 e. The van der Waals surface area contributed by atoms with E-state index in [1.165, 1.54) is 4.90 Å². The van der Waals surface area contributed by atoms with E-state index >= 15 is 0 Å². The molecule has 1 aliphatic heterocycles. The highest BCUT2D eigenvalue weighted by Crippen LogP contribution is 2.32. The SMILES string of the molecule is C=CC1(CC(=N)N(C)C=N)COC1. The van der Waals surface area contributed by atoms with Crippen LogP contribution >= 0.6 is 0 Å². The first-order chi connectivity index (χ1) is 6.13. The molecule has 0 bridgehead atoms. The van der Waals surface area contributed by atoms with E-state index in [-0.39, 0.29) is 5.41 Å². The Bertz CT molecular complexity index is 233. The number of rotatable bonds is 4. The zero-order chi connectivity index (χ0) is 9.90. The summed E-state index contributed by atoms with van der Waals surface area (Å²) in [5, 5.41) is 14.6. The molecular formula is C9H15N3O. The van der Waals surface area contributed by atoms with Gasteiger partial charge in [0.1, 0.15) is 5.84 Å². The lowest BCUT2D eigenvalue weighted by Crippen LogP contribution is -2.44. The van der Waals surface area contributed by atoms with Crippen LogP contribution < -0.4 is 0 Å². The van der Waals surface area contributed by atoms with E-state index in [1.54, 1.807) is 7.05 Å². The number of hydrogen-bond donors (Lipinski definition) is 2. The minimum absolute atomic E-state index is 0.0612. The lowest BCUT2D eigenvalue weighted by molar-refractivity contribution is -0.0782. The number of hydrogen-bond acceptors (Lipinski definition) is 3. The maximum atomic E-state index is 7.66. The van der Waals surface area contributed by atoms with Gasteiger partial charge in [-0.2, -0.15) is 0 Å². The van der Waals surface area contributed by atoms with Gasteiger partial charge in [0, 0.05) is 18.9 Å². The molecule has 1 aliphatic rings. The molecule has 72 valence electrons. The second kappa shape index (κ2) is 3.70. The van der Waals surface area contributed by atoms with Crippen LogP contribution in [0, 0.1) is 16.2 Å². The monoisotopic (exact) mass is 181 g/mol. The summed E-state index contributed by atoms with van der Waals surface area (Å²) in [4.78, 5) is 1.49. The van der Waals surface area contributed by atoms with Gasteiger partial charge in [0.2, 0.25) is 0 Å². The molecule has 2 N–H and O–H groups in total. The third-order valence-corrected chi connectivity index (χ3v) is 2.35. The highest BCUT2D eigenvalue weighted by Gasteiger charge is 2.36. The van der Waals surface area contributed by atoms with Crippen LogP contribution in [-0.4, -0.2) is 37.3 Å². The molecule has 1 rings (SSSR count). The van der Waals surface area contributed by atoms with Crippen molar-refractivity contribution in [2.24, 2.45) is 5.41 Å². The first-order valence-corrected chi connectivity index (χ1v) is 4.16. The van der Waals surface area contributed by atoms with Gasteiger partial charge in [0.25, 0.3) is 0 Å². The topological polar surface area (TPSA) is 60.2 Å². The number of nitrogens with one attached hydrogen (secondary N) is 2. The normalized spacial score (nSPS) is 18.5. The first-order valence-electron chi connectivity index (χ1n) is 4.16. The van der Waals surface area contributed by atoms with Crippen LogP contribution in [0.15, 0.2) is 12.7 Å². The van der Waals surface area contributed by atoms with Crippen LogP contribution in [0.1, 0.15) is 6.42 Å². The molecule has 0 unspecified atom stereocenters. The highest BCUT2D eigenvalue weighted by atomic mass is 16.5. The molecule has 0 aliphatic carbocycles. The van der Waals surface area contributed by atoms with Crippen LogP contribution in [0.25, 0.3) is 0 Å². The maximum absolute atomic E-state index is 7.66. The summed E-state index contributed by atoms with van der Waals surface area (Å²) >= 11 is 0. The van der Waals surface area contributed by atoms with Crippen molar-refractivity contribution in [3.05, 3.63) is 12.7 Å². The number of amidine groups is 1. The van der Waals surface area contributed by atoms with Crippen molar-refractivity contribution in [2.45, 2.75) is 6.42 Å². The van der Waals surface area contributed by atoms with Crippen molar-refractivity contribution < 1.29 is 4.74 Å². The molecule has 0 spiro atoms. The van der Waals surface area contributed by atoms with Gasteiger partial charge in [-0.05, 0) is 0 Å². The van der Waals surface area contributed by atoms with E-state index in [0.29, 0.717) is 25.5 Å². The molecule has 0 radical (unpaired) electrons. The molecule has 0 aromatic rings. The smallest absolute Gasteiger partial charge is 0.102 e. The summed E-state index contributed by atoms with van der Waals surface area (Å²) in [6, 6.07) is 0. The van der Waals surface area contributed by atoms with Crippen LogP contribution in [0.3, 0.4) is 0 Å². The van der Waals surface area contributed by atoms with Gasteiger partial charge in [0.15, 0.2) is 0 Å². The lowest BCUT2D eigenvalue weighted by Gasteiger charge is -2.39. The fourth-order valence-electron chi connectivity index (χ4n) is 1.19. The average molecular weight is 181 g/mol. The van der Waals surface area contributed by atoms with Gasteiger partial charge < -0.3 is 9.64 Å². The third kappa shape index (κ3) is 1.95. The van der Waals surface area contributed by atoms with E-state index in [2.05, 4.69) is 6.58 Å². The van der Waals surface area contributed by atoms with Gasteiger partial charge >= 0.3 is 0 Å². The van der Waals surface area contributed by atoms with Gasteiger partial charge in [0.05, 0.1) is 19.6 Å². The van der Waals surface area contributed by atoms with E-state index < -0.39 is 0 Å². The zero-order valence-electron chi connectivity index (χ0n) is 7.84. The predicted octanol–water partition coefficient (Wildman–Crippen LogP) is 1.10. The van der Waals surface area contributed by atoms with Gasteiger partial charge in [-0.1, -0.05) is 6.08 Å². The van der Waals surface area contributed by atoms with E-state index in [1.807, 2.05) is 6.08 Å². The van der Waals surface area contributed by atoms with Crippen molar-refractivity contribution in [2.75, 3.05) is 20.3 Å². The fourth-order valence-corrected chi connectivity index (χ4v) is 1.19. The molecule has 0 saturated carbocycles. The van der Waals surface area contributed by atoms with Gasteiger partial charge in [-0.3, -0.25) is 10.8 Å². The van der Waals surface area contributed by atoms with Crippen molar-refractivity contribution in [1.29, 1.82) is 10.8 Å². The number of ether oxygens (including phenoxy) is 1. The second-order valence-electron chi connectivity index (χ2n) is 3.42. The molecule has 0 atom stereocenters. The Hall–Kier alpha value is -1.16. The third-order valence-electron chi connectivity index (χ3n) is 2.35. The molecular weight excluding hydrogens is 166 g/mol. The summed E-state index contributed by atoms with van der Waals surface area (Å²) in [6.07, 6.45) is 3.59. The standard InChI is InChI=1S/C9H15N3O/c1-3-9(5-13-6-9)4-8(11)12(2)7-10/h3,7,10-11H,1,4-6H2,2H3. The van der Waals surface area contributed by atoms with E-state index in [9.17, 15) is 0 Å². The van der Waals surface area contributed by atoms with E-state index in [0.717, 1.165) is 6.34 Å². The largest absolute Gasteiger partial charge is 0.379 e. The Labute approximate surface area is 78.2 Å². The fraction of sp³-hybridized carbons (Fsp3) is 0.556. The second-order valence-corrected chi connectivity index (χ2v) is 3.42. The summed E-state index contributed by atoms with van der Waals surface area (Å²) in [7, 11) is 1.70. The molecule has 13 heavy (non-hydrogen) atoms. The van der Waals surface area contributed by atoms with Crippen molar-refractivity contribution >= 4 is 12.2 Å². The Morgan fingerprint density at radius 2 is 2.31 bits per heavy atom. The minimum Gasteiger partial charge on any atom is -0.379 e. The van der Waals surface area contributed by atoms with Crippen molar-refractivity contribution in [3.63, 3.8) is 0 Å². The van der Waals surface area contributed by atoms with Crippen LogP contribution in [0.5, 0.6) is 0 Å². The molecule has 1 saturated heterocycles. The summed E-state index contributed by atoms with van der Waals surface area (Å²) < 4.78 is 5.10. The summed E-state index contributed by atoms with van der Waals surface area (Å²) in [6.45, 7) is 5.03. The molecule has 0 aromatic heterocycles. The van der Waals surface area contributed by atoms with Crippen LogP contribution in [0.2, 0.25) is 0 Å². The van der Waals surface area contributed by atoms with Crippen LogP contribution in [-0.2, 0) is 4.74 Å². The quantitative estimate of drug-likeness (QED) is 0.387. The van der Waals surface area contributed by atoms with Crippen LogP contribution in [0.4, 0.5) is 0 Å². The zero-order valence-corrected chi connectivity index (χ0v) is 7.84. The Balaban J connectivity index is 2.51. The summed E-state index contributed by atoms with van der Waals surface area (Å²) in [5.41, 5.74) is -0.0612. The van der Waals surface area contributed by atoms with Crippen molar-refractivity contribution in [3.8, 4) is 0 Å². The summed E-state index contributed by atoms with van der Waals surface area (Å²) in [5.74, 6) is 0.429. The minimum atomic E-state index is -0.0612. The average Bonchev–Trinajstić information content (AvgIpc) is 2.09. The molecule has 1 heterocycles. The molecule has 1 fully saturated rings. The first kappa shape index (κ1) is 9.92. The predicted molar refractivity (Wildman–Crippen MR) is 52.3 cm³/mol. The molecule has 0 aromatic carbocycles. The van der Waals surface area contributed by atoms with Crippen molar-refractivity contribution in [1.82, 2.24) is 4.90 Å². The van der Waals surface area contributed by atoms with Gasteiger partial charge in [-0.15, -0.1) is 6.58 Å². The Morgan fingerprint density at radius 1 is 1.69 bits per heavy atom. The number of nitrogens with zero attached hydrogens (tertiary/aromatic N) is 1. The Morgan fingerprint density at radius 3 is 2.62 bits per heavy atom. The van der Waals surface area contributed by atoms with Gasteiger partial charge in [-0.25, -0.2) is 0 Å². The molecule has 4 nitrogen and oxygen atoms in total. The van der Waals surface area contributed by atoms with E-state index in [4.69, 9.17) is 15.6 Å². The Kier molecular flexibility index (Phi) is 2.83. The lowest BCUT2D eigenvalue weighted by atomic mass is 9.82. The molecule has 0 amide bonds. The molecule has 4 heteroatoms. The highest BCUT2D eigenvalue weighted by molar-refractivity contribution is 5.89.